The van der Waals surface area contributed by atoms with E-state index in [0.29, 0.717) is 0 Å². The van der Waals surface area contributed by atoms with Crippen LogP contribution in [0.5, 0.6) is 0 Å². The van der Waals surface area contributed by atoms with Crippen molar-refractivity contribution in [2.75, 3.05) is 0 Å². The second kappa shape index (κ2) is 7.19. The lowest BCUT2D eigenvalue weighted by atomic mass is 10.1. The van der Waals surface area contributed by atoms with E-state index in [-0.39, 0.29) is 0 Å². The molecule has 0 radical (unpaired) electrons. The summed E-state index contributed by atoms with van der Waals surface area (Å²) in [4.78, 5) is 12.9. The molecule has 0 aliphatic heterocycles. The van der Waals surface area contributed by atoms with Crippen molar-refractivity contribution in [3.05, 3.63) is 60.1 Å². The Balaban J connectivity index is 1.76. The van der Waals surface area contributed by atoms with E-state index in [4.69, 9.17) is 9.97 Å². The molecule has 0 saturated heterocycles. The van der Waals surface area contributed by atoms with E-state index >= 15 is 0 Å². The summed E-state index contributed by atoms with van der Waals surface area (Å²) < 4.78 is 4.01. The fraction of sp³-hybridized carbons (Fsp3) is 0.300. The third-order valence-corrected chi connectivity index (χ3v) is 4.60. The summed E-state index contributed by atoms with van der Waals surface area (Å²) >= 11 is 0. The number of hydrogen-bond donors (Lipinski definition) is 1. The van der Waals surface area contributed by atoms with Gasteiger partial charge in [-0.15, -0.1) is 5.10 Å². The van der Waals surface area contributed by atoms with Crippen LogP contribution >= 0.6 is 0 Å². The van der Waals surface area contributed by atoms with Crippen LogP contribution in [-0.2, 0) is 19.5 Å². The Hall–Kier alpha value is -3.22. The predicted molar refractivity (Wildman–Crippen MR) is 104 cm³/mol. The zero-order valence-corrected chi connectivity index (χ0v) is 15.8. The van der Waals surface area contributed by atoms with Crippen LogP contribution in [-0.4, -0.2) is 34.5 Å². The Morgan fingerprint density at radius 2 is 1.85 bits per heavy atom. The number of hydrogen-bond acceptors (Lipinski definition) is 4. The van der Waals surface area contributed by atoms with E-state index in [1.807, 2.05) is 42.3 Å². The van der Waals surface area contributed by atoms with Gasteiger partial charge in [0.2, 0.25) is 0 Å². The van der Waals surface area contributed by atoms with Gasteiger partial charge in [0.25, 0.3) is 0 Å². The quantitative estimate of drug-likeness (QED) is 0.571. The first-order chi connectivity index (χ1) is 13.2. The van der Waals surface area contributed by atoms with Crippen molar-refractivity contribution in [2.45, 2.75) is 40.3 Å². The maximum Gasteiger partial charge on any atom is 0.110 e. The lowest BCUT2D eigenvalue weighted by molar-refractivity contribution is 0.521. The van der Waals surface area contributed by atoms with Gasteiger partial charge in [0, 0.05) is 30.4 Å². The average molecular weight is 361 g/mol. The predicted octanol–water partition coefficient (Wildman–Crippen LogP) is 3.41. The lowest BCUT2D eigenvalue weighted by Gasteiger charge is -2.09. The van der Waals surface area contributed by atoms with Crippen LogP contribution < -0.4 is 0 Å². The average Bonchev–Trinajstić information content (AvgIpc) is 3.38. The summed E-state index contributed by atoms with van der Waals surface area (Å²) in [6.07, 6.45) is 4.71. The molecule has 0 aliphatic carbocycles. The number of aromatic amines is 1. The summed E-state index contributed by atoms with van der Waals surface area (Å²) in [5.41, 5.74) is 6.00. The van der Waals surface area contributed by atoms with Gasteiger partial charge < -0.3 is 9.55 Å². The van der Waals surface area contributed by atoms with Gasteiger partial charge in [-0.05, 0) is 13.8 Å². The molecule has 0 bridgehead atoms. The first kappa shape index (κ1) is 17.2. The zero-order chi connectivity index (χ0) is 18.8. The number of nitrogens with one attached hydrogen (secondary N) is 1. The molecule has 0 fully saturated rings. The minimum absolute atomic E-state index is 0.725. The van der Waals surface area contributed by atoms with Crippen LogP contribution in [0.2, 0.25) is 0 Å². The van der Waals surface area contributed by atoms with Gasteiger partial charge in [-0.3, -0.25) is 4.68 Å². The largest absolute Gasteiger partial charge is 0.346 e. The van der Waals surface area contributed by atoms with Crippen molar-refractivity contribution < 1.29 is 0 Å². The Bertz CT molecular complexity index is 1040. The highest BCUT2D eigenvalue weighted by Crippen LogP contribution is 2.32. The van der Waals surface area contributed by atoms with Gasteiger partial charge in [0.15, 0.2) is 0 Å². The van der Waals surface area contributed by atoms with Crippen molar-refractivity contribution in [3.8, 4) is 22.6 Å². The molecular weight excluding hydrogens is 338 g/mol. The van der Waals surface area contributed by atoms with E-state index in [1.165, 1.54) is 0 Å². The molecule has 0 amide bonds. The number of benzene rings is 1. The second-order valence-corrected chi connectivity index (χ2v) is 6.63. The van der Waals surface area contributed by atoms with Crippen LogP contribution in [0.4, 0.5) is 0 Å². The van der Waals surface area contributed by atoms with E-state index in [0.717, 1.165) is 59.4 Å². The van der Waals surface area contributed by atoms with Crippen LogP contribution in [0.3, 0.4) is 0 Å². The fourth-order valence-corrected chi connectivity index (χ4v) is 3.24. The molecule has 4 aromatic rings. The summed E-state index contributed by atoms with van der Waals surface area (Å²) in [5.74, 6) is 0.987. The molecule has 3 aromatic heterocycles. The van der Waals surface area contributed by atoms with Crippen molar-refractivity contribution in [3.63, 3.8) is 0 Å². The molecule has 0 aliphatic rings. The summed E-state index contributed by atoms with van der Waals surface area (Å²) in [7, 11) is 0. The van der Waals surface area contributed by atoms with Crippen LogP contribution in [0.15, 0.2) is 42.9 Å². The number of nitrogens with zero attached hydrogens (tertiary/aromatic N) is 6. The maximum absolute atomic E-state index is 4.83. The molecule has 0 saturated carbocycles. The Morgan fingerprint density at radius 3 is 2.52 bits per heavy atom. The maximum atomic E-state index is 4.83. The van der Waals surface area contributed by atoms with Gasteiger partial charge in [0.05, 0.1) is 30.0 Å². The summed E-state index contributed by atoms with van der Waals surface area (Å²) in [5, 5.41) is 8.21. The number of imidazole rings is 2. The molecule has 3 heterocycles. The normalized spacial score (nSPS) is 11.2. The lowest BCUT2D eigenvalue weighted by Crippen LogP contribution is -2.09. The monoisotopic (exact) mass is 361 g/mol. The van der Waals surface area contributed by atoms with Crippen molar-refractivity contribution in [1.82, 2.24) is 34.5 Å². The van der Waals surface area contributed by atoms with E-state index in [2.05, 4.69) is 45.8 Å². The molecule has 0 spiro atoms. The fourth-order valence-electron chi connectivity index (χ4n) is 3.24. The van der Waals surface area contributed by atoms with E-state index in [9.17, 15) is 0 Å². The van der Waals surface area contributed by atoms with Crippen molar-refractivity contribution in [2.24, 2.45) is 0 Å². The van der Waals surface area contributed by atoms with Gasteiger partial charge in [-0.2, -0.15) is 0 Å². The first-order valence-electron chi connectivity index (χ1n) is 9.19. The van der Waals surface area contributed by atoms with Gasteiger partial charge in [-0.1, -0.05) is 42.5 Å². The van der Waals surface area contributed by atoms with Gasteiger partial charge in [-0.25, -0.2) is 9.97 Å². The standard InChI is InChI=1S/C20H23N7/c1-4-17-22-15(3)18(23-17)20-19(16-8-6-5-7-9-16)21-13-26(20)10-11-27-12-14(2)24-25-27/h5-9,12-13H,4,10-11H2,1-3H3,(H,22,23). The number of aryl methyl sites for hydroxylation is 5. The van der Waals surface area contributed by atoms with Crippen LogP contribution in [0.25, 0.3) is 22.6 Å². The molecule has 0 atom stereocenters. The number of aromatic nitrogens is 7. The smallest absolute Gasteiger partial charge is 0.110 e. The van der Waals surface area contributed by atoms with Gasteiger partial charge in [0.1, 0.15) is 11.5 Å². The molecule has 4 rings (SSSR count). The molecule has 7 nitrogen and oxygen atoms in total. The Kier molecular flexibility index (Phi) is 4.58. The second-order valence-electron chi connectivity index (χ2n) is 6.63. The van der Waals surface area contributed by atoms with E-state index in [1.54, 1.807) is 0 Å². The first-order valence-corrected chi connectivity index (χ1v) is 9.19. The molecule has 7 heteroatoms. The Labute approximate surface area is 158 Å². The molecule has 138 valence electrons. The number of H-pyrrole nitrogens is 1. The molecular formula is C20H23N7. The van der Waals surface area contributed by atoms with E-state index < -0.39 is 0 Å². The summed E-state index contributed by atoms with van der Waals surface area (Å²) in [6, 6.07) is 10.2. The Morgan fingerprint density at radius 1 is 1.04 bits per heavy atom. The van der Waals surface area contributed by atoms with Crippen LogP contribution in [0, 0.1) is 13.8 Å². The topological polar surface area (TPSA) is 77.2 Å². The highest BCUT2D eigenvalue weighted by Gasteiger charge is 2.19. The molecule has 0 unspecified atom stereocenters. The highest BCUT2D eigenvalue weighted by atomic mass is 15.4. The van der Waals surface area contributed by atoms with Crippen molar-refractivity contribution in [1.29, 1.82) is 0 Å². The minimum Gasteiger partial charge on any atom is -0.346 e. The molecule has 27 heavy (non-hydrogen) atoms. The number of rotatable bonds is 6. The van der Waals surface area contributed by atoms with Gasteiger partial charge >= 0.3 is 0 Å². The van der Waals surface area contributed by atoms with Crippen molar-refractivity contribution >= 4 is 0 Å². The van der Waals surface area contributed by atoms with Crippen LogP contribution in [0.1, 0.15) is 24.1 Å². The molecule has 1 aromatic carbocycles. The molecule has 1 N–H and O–H groups in total. The SMILES string of the molecule is CCc1nc(-c2c(-c3ccccc3)ncn2CCn2cc(C)nn2)c(C)[nH]1. The zero-order valence-electron chi connectivity index (χ0n) is 15.8. The summed E-state index contributed by atoms with van der Waals surface area (Å²) in [6.45, 7) is 7.58. The minimum atomic E-state index is 0.725. The highest BCUT2D eigenvalue weighted by molar-refractivity contribution is 5.77. The third-order valence-electron chi connectivity index (χ3n) is 4.60. The third kappa shape index (κ3) is 3.40.